The van der Waals surface area contributed by atoms with E-state index in [0.29, 0.717) is 42.6 Å². The lowest BCUT2D eigenvalue weighted by Crippen LogP contribution is -2.48. The Morgan fingerprint density at radius 1 is 0.912 bits per heavy atom. The molecule has 1 saturated heterocycles. The van der Waals surface area contributed by atoms with Crippen molar-refractivity contribution in [2.45, 2.75) is 4.90 Å². The Kier molecular flexibility index (Phi) is 8.28. The Morgan fingerprint density at radius 3 is 2.29 bits per heavy atom. The Balaban J connectivity index is 1.35. The van der Waals surface area contributed by atoms with Gasteiger partial charge in [0, 0.05) is 42.2 Å². The summed E-state index contributed by atoms with van der Waals surface area (Å²) in [7, 11) is 0. The number of carbonyl (C=O) groups is 2. The Hall–Kier alpha value is -3.22. The SMILES string of the molecule is O=C(CSc1ccccc1)Nc1cc(Cl)ccc1N1CCN(C(=O)/C=C/c2ccccc2)CC1. The van der Waals surface area contributed by atoms with Crippen molar-refractivity contribution in [2.75, 3.05) is 42.1 Å². The van der Waals surface area contributed by atoms with E-state index in [9.17, 15) is 9.59 Å². The van der Waals surface area contributed by atoms with Crippen LogP contribution in [0.3, 0.4) is 0 Å². The van der Waals surface area contributed by atoms with Gasteiger partial charge in [0.15, 0.2) is 0 Å². The number of hydrogen-bond donors (Lipinski definition) is 1. The molecular formula is C27H26ClN3O2S. The molecule has 174 valence electrons. The van der Waals surface area contributed by atoms with E-state index in [0.717, 1.165) is 16.1 Å². The van der Waals surface area contributed by atoms with Gasteiger partial charge in [-0.25, -0.2) is 0 Å². The van der Waals surface area contributed by atoms with Gasteiger partial charge < -0.3 is 15.1 Å². The Labute approximate surface area is 209 Å². The minimum atomic E-state index is -0.0859. The molecule has 4 rings (SSSR count). The van der Waals surface area contributed by atoms with Crippen molar-refractivity contribution in [3.8, 4) is 0 Å². The summed E-state index contributed by atoms with van der Waals surface area (Å²) < 4.78 is 0. The number of hydrogen-bond acceptors (Lipinski definition) is 4. The van der Waals surface area contributed by atoms with Gasteiger partial charge in [-0.1, -0.05) is 60.1 Å². The molecule has 1 N–H and O–H groups in total. The van der Waals surface area contributed by atoms with Gasteiger partial charge in [-0.3, -0.25) is 9.59 Å². The standard InChI is InChI=1S/C27H26ClN3O2S/c28-22-12-13-25(24(19-22)29-26(32)20-34-23-9-5-2-6-10-23)30-15-17-31(18-16-30)27(33)14-11-21-7-3-1-4-8-21/h1-14,19H,15-18,20H2,(H,29,32)/b14-11+. The molecular weight excluding hydrogens is 466 g/mol. The highest BCUT2D eigenvalue weighted by molar-refractivity contribution is 8.00. The number of halogens is 1. The van der Waals surface area contributed by atoms with E-state index < -0.39 is 0 Å². The van der Waals surface area contributed by atoms with E-state index in [2.05, 4.69) is 10.2 Å². The molecule has 1 heterocycles. The van der Waals surface area contributed by atoms with Gasteiger partial charge in [-0.05, 0) is 42.0 Å². The number of carbonyl (C=O) groups excluding carboxylic acids is 2. The lowest BCUT2D eigenvalue weighted by molar-refractivity contribution is -0.126. The number of amides is 2. The van der Waals surface area contributed by atoms with Crippen molar-refractivity contribution >= 4 is 52.6 Å². The van der Waals surface area contributed by atoms with E-state index in [-0.39, 0.29) is 11.8 Å². The molecule has 3 aromatic rings. The van der Waals surface area contributed by atoms with Crippen LogP contribution in [0.1, 0.15) is 5.56 Å². The van der Waals surface area contributed by atoms with Crippen LogP contribution in [-0.2, 0) is 9.59 Å². The zero-order valence-corrected chi connectivity index (χ0v) is 20.3. The van der Waals surface area contributed by atoms with Crippen molar-refractivity contribution in [3.05, 3.63) is 95.5 Å². The monoisotopic (exact) mass is 491 g/mol. The van der Waals surface area contributed by atoms with E-state index in [1.165, 1.54) is 11.8 Å². The quantitative estimate of drug-likeness (QED) is 0.353. The number of piperazine rings is 1. The minimum Gasteiger partial charge on any atom is -0.366 e. The zero-order chi connectivity index (χ0) is 23.8. The van der Waals surface area contributed by atoms with Crippen LogP contribution in [0.15, 0.2) is 89.8 Å². The van der Waals surface area contributed by atoms with Gasteiger partial charge in [0.1, 0.15) is 0 Å². The van der Waals surface area contributed by atoms with Crippen LogP contribution < -0.4 is 10.2 Å². The van der Waals surface area contributed by atoms with Crippen LogP contribution in [0.2, 0.25) is 5.02 Å². The summed E-state index contributed by atoms with van der Waals surface area (Å²) in [5, 5.41) is 3.58. The van der Waals surface area contributed by atoms with Gasteiger partial charge >= 0.3 is 0 Å². The molecule has 3 aromatic carbocycles. The second-order valence-electron chi connectivity index (χ2n) is 7.87. The fourth-order valence-corrected chi connectivity index (χ4v) is 4.63. The third kappa shape index (κ3) is 6.65. The van der Waals surface area contributed by atoms with Crippen molar-refractivity contribution in [1.29, 1.82) is 0 Å². The first-order valence-electron chi connectivity index (χ1n) is 11.1. The maximum atomic E-state index is 12.6. The van der Waals surface area contributed by atoms with E-state index in [1.807, 2.05) is 83.8 Å². The first-order chi connectivity index (χ1) is 16.6. The van der Waals surface area contributed by atoms with Gasteiger partial charge in [-0.2, -0.15) is 0 Å². The van der Waals surface area contributed by atoms with Gasteiger partial charge in [-0.15, -0.1) is 11.8 Å². The molecule has 0 spiro atoms. The number of thioether (sulfide) groups is 1. The minimum absolute atomic E-state index is 0.00562. The molecule has 1 fully saturated rings. The summed E-state index contributed by atoms with van der Waals surface area (Å²) in [6, 6.07) is 25.2. The first kappa shape index (κ1) is 23.9. The molecule has 0 atom stereocenters. The number of nitrogens with zero attached hydrogens (tertiary/aromatic N) is 2. The van der Waals surface area contributed by atoms with Crippen LogP contribution >= 0.6 is 23.4 Å². The summed E-state index contributed by atoms with van der Waals surface area (Å²) in [4.78, 5) is 30.3. The van der Waals surface area contributed by atoms with Crippen LogP contribution in [0.5, 0.6) is 0 Å². The number of rotatable bonds is 7. The van der Waals surface area contributed by atoms with Crippen LogP contribution in [0.25, 0.3) is 6.08 Å². The molecule has 34 heavy (non-hydrogen) atoms. The second-order valence-corrected chi connectivity index (χ2v) is 9.35. The van der Waals surface area contributed by atoms with Crippen molar-refractivity contribution < 1.29 is 9.59 Å². The Morgan fingerprint density at radius 2 is 1.59 bits per heavy atom. The molecule has 0 aromatic heterocycles. The third-order valence-electron chi connectivity index (χ3n) is 5.50. The van der Waals surface area contributed by atoms with E-state index in [4.69, 9.17) is 11.6 Å². The first-order valence-corrected chi connectivity index (χ1v) is 12.5. The molecule has 0 unspecified atom stereocenters. The van der Waals surface area contributed by atoms with Gasteiger partial charge in [0.2, 0.25) is 11.8 Å². The van der Waals surface area contributed by atoms with Crippen molar-refractivity contribution in [2.24, 2.45) is 0 Å². The van der Waals surface area contributed by atoms with Gasteiger partial charge in [0.05, 0.1) is 17.1 Å². The van der Waals surface area contributed by atoms with Crippen molar-refractivity contribution in [3.63, 3.8) is 0 Å². The highest BCUT2D eigenvalue weighted by Gasteiger charge is 2.22. The molecule has 0 bridgehead atoms. The molecule has 0 saturated carbocycles. The lowest BCUT2D eigenvalue weighted by atomic mass is 10.2. The Bertz CT molecular complexity index is 1150. The predicted octanol–water partition coefficient (Wildman–Crippen LogP) is 5.43. The number of anilines is 2. The molecule has 0 radical (unpaired) electrons. The molecule has 0 aliphatic carbocycles. The summed E-state index contributed by atoms with van der Waals surface area (Å²) in [6.45, 7) is 2.57. The molecule has 7 heteroatoms. The maximum absolute atomic E-state index is 12.6. The molecule has 1 aliphatic rings. The van der Waals surface area contributed by atoms with Crippen LogP contribution in [0, 0.1) is 0 Å². The average molecular weight is 492 g/mol. The average Bonchev–Trinajstić information content (AvgIpc) is 2.87. The molecule has 2 amide bonds. The highest BCUT2D eigenvalue weighted by Crippen LogP contribution is 2.30. The summed E-state index contributed by atoms with van der Waals surface area (Å²) in [6.07, 6.45) is 3.47. The van der Waals surface area contributed by atoms with Crippen LogP contribution in [0.4, 0.5) is 11.4 Å². The fraction of sp³-hybridized carbons (Fsp3) is 0.185. The predicted molar refractivity (Wildman–Crippen MR) is 142 cm³/mol. The zero-order valence-electron chi connectivity index (χ0n) is 18.7. The molecule has 5 nitrogen and oxygen atoms in total. The third-order valence-corrected chi connectivity index (χ3v) is 6.74. The summed E-state index contributed by atoms with van der Waals surface area (Å²) >= 11 is 7.72. The molecule has 1 aliphatic heterocycles. The maximum Gasteiger partial charge on any atom is 0.246 e. The second kappa shape index (κ2) is 11.8. The topological polar surface area (TPSA) is 52.7 Å². The summed E-state index contributed by atoms with van der Waals surface area (Å²) in [5.41, 5.74) is 2.60. The van der Waals surface area contributed by atoms with Gasteiger partial charge in [0.25, 0.3) is 0 Å². The number of nitrogens with one attached hydrogen (secondary N) is 1. The fourth-order valence-electron chi connectivity index (χ4n) is 3.74. The van der Waals surface area contributed by atoms with Crippen molar-refractivity contribution in [1.82, 2.24) is 4.90 Å². The smallest absolute Gasteiger partial charge is 0.246 e. The highest BCUT2D eigenvalue weighted by atomic mass is 35.5. The normalized spacial score (nSPS) is 13.8. The number of benzene rings is 3. The van der Waals surface area contributed by atoms with Crippen LogP contribution in [-0.4, -0.2) is 48.6 Å². The van der Waals surface area contributed by atoms with E-state index >= 15 is 0 Å². The largest absolute Gasteiger partial charge is 0.366 e. The summed E-state index contributed by atoms with van der Waals surface area (Å²) in [5.74, 6) is 0.231. The lowest BCUT2D eigenvalue weighted by Gasteiger charge is -2.36. The van der Waals surface area contributed by atoms with E-state index in [1.54, 1.807) is 12.1 Å².